The molecule has 0 unspecified atom stereocenters. The molecule has 0 atom stereocenters. The number of amides is 1. The molecule has 4 nitrogen and oxygen atoms in total. The highest BCUT2D eigenvalue weighted by Crippen LogP contribution is 2.26. The highest BCUT2D eigenvalue weighted by atomic mass is 16.2. The zero-order valence-corrected chi connectivity index (χ0v) is 14.0. The van der Waals surface area contributed by atoms with Crippen LogP contribution in [0.2, 0.25) is 0 Å². The van der Waals surface area contributed by atoms with E-state index in [1.54, 1.807) is 0 Å². The number of benzene rings is 1. The lowest BCUT2D eigenvalue weighted by Gasteiger charge is -2.23. The third-order valence-electron chi connectivity index (χ3n) is 5.16. The second-order valence-corrected chi connectivity index (χ2v) is 6.99. The maximum absolute atomic E-state index is 12.4. The van der Waals surface area contributed by atoms with Crippen molar-refractivity contribution in [2.45, 2.75) is 63.8 Å². The summed E-state index contributed by atoms with van der Waals surface area (Å²) >= 11 is 0. The quantitative estimate of drug-likeness (QED) is 0.828. The average molecular weight is 315 g/mol. The van der Waals surface area contributed by atoms with E-state index < -0.39 is 0 Å². The number of nitrogens with zero attached hydrogens (tertiary/aromatic N) is 1. The molecule has 0 radical (unpaired) electrons. The van der Waals surface area contributed by atoms with Gasteiger partial charge in [-0.3, -0.25) is 4.79 Å². The summed E-state index contributed by atoms with van der Waals surface area (Å²) in [6.45, 7) is 1.75. The Morgan fingerprint density at radius 2 is 1.65 bits per heavy atom. The molecule has 1 aliphatic carbocycles. The lowest BCUT2D eigenvalue weighted by molar-refractivity contribution is 0.0793. The van der Waals surface area contributed by atoms with Crippen LogP contribution in [-0.2, 0) is 0 Å². The van der Waals surface area contributed by atoms with Gasteiger partial charge in [-0.15, -0.1) is 0 Å². The molecule has 2 aliphatic rings. The summed E-state index contributed by atoms with van der Waals surface area (Å²) in [6.07, 6.45) is 11.3. The molecule has 3 rings (SSSR count). The molecule has 1 aromatic rings. The summed E-state index contributed by atoms with van der Waals surface area (Å²) < 4.78 is 0. The number of carbonyl (C=O) groups is 1. The first-order valence-corrected chi connectivity index (χ1v) is 9.19. The molecule has 4 heteroatoms. The Morgan fingerprint density at radius 1 is 1.00 bits per heavy atom. The van der Waals surface area contributed by atoms with Gasteiger partial charge in [-0.25, -0.2) is 0 Å². The summed E-state index contributed by atoms with van der Waals surface area (Å²) in [5.74, 6) is 0.117. The predicted octanol–water partition coefficient (Wildman–Crippen LogP) is 4.03. The minimum absolute atomic E-state index is 0.117. The van der Waals surface area contributed by atoms with Crippen molar-refractivity contribution in [1.82, 2.24) is 4.90 Å². The van der Waals surface area contributed by atoms with Gasteiger partial charge < -0.3 is 16.0 Å². The molecular weight excluding hydrogens is 286 g/mol. The number of anilines is 2. The lowest BCUT2D eigenvalue weighted by Crippen LogP contribution is -2.27. The van der Waals surface area contributed by atoms with Gasteiger partial charge in [0.25, 0.3) is 5.91 Å². The van der Waals surface area contributed by atoms with E-state index in [0.29, 0.717) is 17.3 Å². The smallest absolute Gasteiger partial charge is 0.253 e. The first-order chi connectivity index (χ1) is 11.2. The van der Waals surface area contributed by atoms with Crippen LogP contribution >= 0.6 is 0 Å². The van der Waals surface area contributed by atoms with Crippen LogP contribution in [0.25, 0.3) is 0 Å². The molecule has 23 heavy (non-hydrogen) atoms. The highest BCUT2D eigenvalue weighted by Gasteiger charge is 2.20. The van der Waals surface area contributed by atoms with E-state index in [-0.39, 0.29) is 5.91 Å². The van der Waals surface area contributed by atoms with Crippen molar-refractivity contribution in [2.75, 3.05) is 24.1 Å². The van der Waals surface area contributed by atoms with Crippen molar-refractivity contribution in [3.05, 3.63) is 23.8 Å². The maximum atomic E-state index is 12.4. The first kappa shape index (κ1) is 16.2. The Labute approximate surface area is 139 Å². The van der Waals surface area contributed by atoms with E-state index in [0.717, 1.165) is 31.6 Å². The zero-order chi connectivity index (χ0) is 16.1. The highest BCUT2D eigenvalue weighted by molar-refractivity contribution is 5.96. The van der Waals surface area contributed by atoms with Crippen LogP contribution in [-0.4, -0.2) is 29.9 Å². The number of nitrogens with two attached hydrogens (primary N) is 1. The van der Waals surface area contributed by atoms with Crippen LogP contribution < -0.4 is 11.1 Å². The fraction of sp³-hybridized carbons (Fsp3) is 0.632. The van der Waals surface area contributed by atoms with Gasteiger partial charge in [-0.2, -0.15) is 0 Å². The Hall–Kier alpha value is -1.71. The zero-order valence-electron chi connectivity index (χ0n) is 14.0. The van der Waals surface area contributed by atoms with Crippen LogP contribution in [0, 0.1) is 0 Å². The first-order valence-electron chi connectivity index (χ1n) is 9.19. The molecular formula is C19H29N3O. The SMILES string of the molecule is Nc1cc(C(=O)N2CCCC2)ccc1NC1CCCCCCC1. The molecule has 1 saturated carbocycles. The Morgan fingerprint density at radius 3 is 2.30 bits per heavy atom. The molecule has 1 saturated heterocycles. The van der Waals surface area contributed by atoms with Crippen molar-refractivity contribution in [3.8, 4) is 0 Å². The predicted molar refractivity (Wildman–Crippen MR) is 95.7 cm³/mol. The Bertz CT molecular complexity index is 529. The number of rotatable bonds is 3. The van der Waals surface area contributed by atoms with Gasteiger partial charge in [-0.1, -0.05) is 32.1 Å². The van der Waals surface area contributed by atoms with Crippen molar-refractivity contribution in [1.29, 1.82) is 0 Å². The van der Waals surface area contributed by atoms with Crippen molar-refractivity contribution >= 4 is 17.3 Å². The van der Waals surface area contributed by atoms with E-state index in [1.807, 2.05) is 23.1 Å². The van der Waals surface area contributed by atoms with Crippen LogP contribution in [0.1, 0.15) is 68.1 Å². The monoisotopic (exact) mass is 315 g/mol. The third kappa shape index (κ3) is 4.18. The van der Waals surface area contributed by atoms with Crippen LogP contribution in [0.3, 0.4) is 0 Å². The lowest BCUT2D eigenvalue weighted by atomic mass is 9.96. The fourth-order valence-corrected chi connectivity index (χ4v) is 3.75. The molecule has 0 spiro atoms. The molecule has 2 fully saturated rings. The molecule has 1 heterocycles. The largest absolute Gasteiger partial charge is 0.397 e. The maximum Gasteiger partial charge on any atom is 0.253 e. The number of hydrogen-bond donors (Lipinski definition) is 2. The van der Waals surface area contributed by atoms with E-state index in [4.69, 9.17) is 5.73 Å². The minimum Gasteiger partial charge on any atom is -0.397 e. The second kappa shape index (κ2) is 7.71. The Balaban J connectivity index is 1.65. The van der Waals surface area contributed by atoms with Gasteiger partial charge >= 0.3 is 0 Å². The molecule has 0 aromatic heterocycles. The topological polar surface area (TPSA) is 58.4 Å². The summed E-state index contributed by atoms with van der Waals surface area (Å²) in [5.41, 5.74) is 8.60. The van der Waals surface area contributed by atoms with E-state index in [2.05, 4.69) is 5.32 Å². The molecule has 126 valence electrons. The van der Waals surface area contributed by atoms with Gasteiger partial charge in [0.15, 0.2) is 0 Å². The third-order valence-corrected chi connectivity index (χ3v) is 5.16. The number of nitrogens with one attached hydrogen (secondary N) is 1. The van der Waals surface area contributed by atoms with Gasteiger partial charge in [0.05, 0.1) is 11.4 Å². The molecule has 0 bridgehead atoms. The van der Waals surface area contributed by atoms with E-state index >= 15 is 0 Å². The number of carbonyl (C=O) groups excluding carboxylic acids is 1. The van der Waals surface area contributed by atoms with Crippen molar-refractivity contribution in [3.63, 3.8) is 0 Å². The number of likely N-dealkylation sites (tertiary alicyclic amines) is 1. The normalized spacial score (nSPS) is 20.1. The molecule has 3 N–H and O–H groups in total. The minimum atomic E-state index is 0.117. The van der Waals surface area contributed by atoms with E-state index in [1.165, 1.54) is 44.9 Å². The standard InChI is InChI=1S/C19H29N3O/c20-17-14-15(19(23)22-12-6-7-13-22)10-11-18(17)21-16-8-4-2-1-3-5-9-16/h10-11,14,16,21H,1-9,12-13,20H2. The second-order valence-electron chi connectivity index (χ2n) is 6.99. The fourth-order valence-electron chi connectivity index (χ4n) is 3.75. The van der Waals surface area contributed by atoms with Crippen LogP contribution in [0.4, 0.5) is 11.4 Å². The van der Waals surface area contributed by atoms with Crippen LogP contribution in [0.15, 0.2) is 18.2 Å². The van der Waals surface area contributed by atoms with Gasteiger partial charge in [0.1, 0.15) is 0 Å². The van der Waals surface area contributed by atoms with E-state index in [9.17, 15) is 4.79 Å². The summed E-state index contributed by atoms with van der Waals surface area (Å²) in [7, 11) is 0. The van der Waals surface area contributed by atoms with Gasteiger partial charge in [-0.05, 0) is 43.9 Å². The average Bonchev–Trinajstić information content (AvgIpc) is 3.05. The molecule has 1 aromatic carbocycles. The number of hydrogen-bond acceptors (Lipinski definition) is 3. The summed E-state index contributed by atoms with van der Waals surface area (Å²) in [5, 5.41) is 3.60. The summed E-state index contributed by atoms with van der Waals surface area (Å²) in [4.78, 5) is 14.4. The van der Waals surface area contributed by atoms with Crippen molar-refractivity contribution < 1.29 is 4.79 Å². The van der Waals surface area contributed by atoms with Crippen LogP contribution in [0.5, 0.6) is 0 Å². The van der Waals surface area contributed by atoms with Gasteiger partial charge in [0.2, 0.25) is 0 Å². The summed E-state index contributed by atoms with van der Waals surface area (Å²) in [6, 6.07) is 6.25. The molecule has 1 amide bonds. The van der Waals surface area contributed by atoms with Crippen molar-refractivity contribution in [2.24, 2.45) is 0 Å². The number of nitrogen functional groups attached to an aromatic ring is 1. The Kier molecular flexibility index (Phi) is 5.42. The molecule has 1 aliphatic heterocycles. The van der Waals surface area contributed by atoms with Gasteiger partial charge in [0, 0.05) is 24.7 Å².